The van der Waals surface area contributed by atoms with Crippen LogP contribution in [0.15, 0.2) is 71.9 Å². The number of fused-ring (bicyclic) bond motifs is 2. The number of nitrogens with one attached hydrogen (secondary N) is 5. The Morgan fingerprint density at radius 1 is 0.714 bits per heavy atom. The average Bonchev–Trinajstić information content (AvgIpc) is 4.00. The standard InChI is InChI=1S/C37H40N10O7S2/c1-53-29-9-7-22(41-34(51)27-20-46-14-16-55-36(46)44-27)18-24(29)31(48)39-12-4-3-6-26(33(50)40-13-5-11-38)43-32(49)25-19-23(8-10-30(25)54-2)42-35(52)28-21-47-15-17-56-37(47)45-28/h7-10,14-21,26H,3-6,11-13,38H2,1-2H3,(H,39,48)(H,40,50)(H,41,51)(H,42,52)(H,43,49). The maximum absolute atomic E-state index is 13.6. The Balaban J connectivity index is 1.05. The van der Waals surface area contributed by atoms with Crippen molar-refractivity contribution in [2.75, 3.05) is 44.5 Å². The highest BCUT2D eigenvalue weighted by Crippen LogP contribution is 2.25. The van der Waals surface area contributed by atoms with Gasteiger partial charge in [0.15, 0.2) is 9.92 Å². The summed E-state index contributed by atoms with van der Waals surface area (Å²) in [6.07, 6.45) is 8.58. The number of aromatic nitrogens is 4. The van der Waals surface area contributed by atoms with Gasteiger partial charge in [-0.15, -0.1) is 22.7 Å². The van der Waals surface area contributed by atoms with Crippen LogP contribution in [-0.4, -0.2) is 88.2 Å². The molecule has 2 aromatic carbocycles. The number of methoxy groups -OCH3 is 2. The molecule has 292 valence electrons. The molecule has 0 radical (unpaired) electrons. The fourth-order valence-electron chi connectivity index (χ4n) is 5.70. The minimum absolute atomic E-state index is 0.111. The lowest BCUT2D eigenvalue weighted by Crippen LogP contribution is -2.47. The number of hydrogen-bond donors (Lipinski definition) is 6. The average molecular weight is 801 g/mol. The number of carbonyl (C=O) groups excluding carboxylic acids is 5. The Hall–Kier alpha value is -6.31. The topological polar surface area (TPSA) is 225 Å². The van der Waals surface area contributed by atoms with E-state index >= 15 is 0 Å². The van der Waals surface area contributed by atoms with Crippen molar-refractivity contribution in [2.24, 2.45) is 5.73 Å². The van der Waals surface area contributed by atoms with E-state index in [0.717, 1.165) is 0 Å². The number of nitrogens with zero attached hydrogens (tertiary/aromatic N) is 4. The van der Waals surface area contributed by atoms with Gasteiger partial charge >= 0.3 is 0 Å². The summed E-state index contributed by atoms with van der Waals surface area (Å²) in [5.41, 5.74) is 7.11. The largest absolute Gasteiger partial charge is 0.496 e. The molecule has 0 aliphatic rings. The Morgan fingerprint density at radius 2 is 1.25 bits per heavy atom. The molecule has 1 atom stereocenters. The molecular formula is C37H40N10O7S2. The number of hydrogen-bond acceptors (Lipinski definition) is 12. The summed E-state index contributed by atoms with van der Waals surface area (Å²) < 4.78 is 14.3. The molecule has 6 aromatic rings. The second kappa shape index (κ2) is 18.3. The van der Waals surface area contributed by atoms with Crippen LogP contribution in [0, 0.1) is 0 Å². The predicted octanol–water partition coefficient (Wildman–Crippen LogP) is 3.79. The zero-order chi connectivity index (χ0) is 39.6. The molecule has 0 fully saturated rings. The molecule has 0 bridgehead atoms. The summed E-state index contributed by atoms with van der Waals surface area (Å²) in [6.45, 7) is 0.966. The second-order valence-electron chi connectivity index (χ2n) is 12.4. The Kier molecular flexibility index (Phi) is 12.9. The van der Waals surface area contributed by atoms with Crippen LogP contribution in [0.3, 0.4) is 0 Å². The molecule has 4 heterocycles. The van der Waals surface area contributed by atoms with Crippen LogP contribution in [0.5, 0.6) is 11.5 Å². The van der Waals surface area contributed by atoms with Gasteiger partial charge in [-0.3, -0.25) is 32.8 Å². The van der Waals surface area contributed by atoms with Crippen LogP contribution >= 0.6 is 22.7 Å². The number of nitrogens with two attached hydrogens (primary N) is 1. The summed E-state index contributed by atoms with van der Waals surface area (Å²) >= 11 is 2.80. The Labute approximate surface area is 328 Å². The maximum Gasteiger partial charge on any atom is 0.275 e. The molecule has 56 heavy (non-hydrogen) atoms. The number of amides is 5. The van der Waals surface area contributed by atoms with E-state index in [-0.39, 0.29) is 41.2 Å². The summed E-state index contributed by atoms with van der Waals surface area (Å²) in [5.74, 6) is -1.71. The molecule has 0 saturated heterocycles. The molecule has 0 aliphatic carbocycles. The molecule has 5 amide bonds. The fraction of sp³-hybridized carbons (Fsp3) is 0.270. The first-order valence-electron chi connectivity index (χ1n) is 17.6. The highest BCUT2D eigenvalue weighted by Gasteiger charge is 2.24. The number of thiazole rings is 2. The summed E-state index contributed by atoms with van der Waals surface area (Å²) in [5, 5.41) is 17.7. The first kappa shape index (κ1) is 39.4. The van der Waals surface area contributed by atoms with Gasteiger partial charge in [0.05, 0.1) is 25.3 Å². The van der Waals surface area contributed by atoms with Crippen LogP contribution in [-0.2, 0) is 4.79 Å². The zero-order valence-electron chi connectivity index (χ0n) is 30.5. The van der Waals surface area contributed by atoms with Crippen LogP contribution in [0.25, 0.3) is 9.92 Å². The van der Waals surface area contributed by atoms with Gasteiger partial charge in [0.1, 0.15) is 28.9 Å². The van der Waals surface area contributed by atoms with Gasteiger partial charge in [0, 0.05) is 60.0 Å². The predicted molar refractivity (Wildman–Crippen MR) is 212 cm³/mol. The van der Waals surface area contributed by atoms with Crippen molar-refractivity contribution in [1.29, 1.82) is 0 Å². The quantitative estimate of drug-likeness (QED) is 0.0690. The summed E-state index contributed by atoms with van der Waals surface area (Å²) in [7, 11) is 2.86. The van der Waals surface area contributed by atoms with Crippen molar-refractivity contribution in [3.63, 3.8) is 0 Å². The third-order valence-corrected chi connectivity index (χ3v) is 10.1. The van der Waals surface area contributed by atoms with Gasteiger partial charge in [-0.05, 0) is 68.6 Å². The third kappa shape index (κ3) is 9.49. The summed E-state index contributed by atoms with van der Waals surface area (Å²) in [4.78, 5) is 75.9. The molecule has 17 nitrogen and oxygen atoms in total. The van der Waals surface area contributed by atoms with E-state index in [0.29, 0.717) is 59.4 Å². The second-order valence-corrected chi connectivity index (χ2v) is 14.1. The number of unbranched alkanes of at least 4 members (excludes halogenated alkanes) is 1. The van der Waals surface area contributed by atoms with Crippen molar-refractivity contribution in [3.8, 4) is 11.5 Å². The van der Waals surface area contributed by atoms with Crippen LogP contribution in [0.2, 0.25) is 0 Å². The zero-order valence-corrected chi connectivity index (χ0v) is 32.1. The molecule has 0 spiro atoms. The van der Waals surface area contributed by atoms with E-state index in [4.69, 9.17) is 15.2 Å². The molecule has 0 saturated carbocycles. The van der Waals surface area contributed by atoms with Crippen molar-refractivity contribution >= 4 is 73.5 Å². The molecule has 19 heteroatoms. The highest BCUT2D eigenvalue weighted by molar-refractivity contribution is 7.15. The molecule has 7 N–H and O–H groups in total. The van der Waals surface area contributed by atoms with Gasteiger partial charge in [0.25, 0.3) is 23.6 Å². The summed E-state index contributed by atoms with van der Waals surface area (Å²) in [6, 6.07) is 8.44. The lowest BCUT2D eigenvalue weighted by atomic mass is 10.1. The number of ether oxygens (including phenoxy) is 2. The van der Waals surface area contributed by atoms with Crippen molar-refractivity contribution in [3.05, 3.63) is 94.5 Å². The lowest BCUT2D eigenvalue weighted by Gasteiger charge is -2.20. The highest BCUT2D eigenvalue weighted by atomic mass is 32.1. The van der Waals surface area contributed by atoms with Crippen LogP contribution < -0.4 is 41.8 Å². The monoisotopic (exact) mass is 800 g/mol. The van der Waals surface area contributed by atoms with Crippen LogP contribution in [0.1, 0.15) is 67.4 Å². The first-order valence-corrected chi connectivity index (χ1v) is 19.3. The molecular weight excluding hydrogens is 761 g/mol. The van der Waals surface area contributed by atoms with Crippen molar-refractivity contribution in [2.45, 2.75) is 31.7 Å². The Bertz CT molecular complexity index is 2310. The Morgan fingerprint density at radius 3 is 1.77 bits per heavy atom. The van der Waals surface area contributed by atoms with Gasteiger partial charge in [-0.2, -0.15) is 0 Å². The lowest BCUT2D eigenvalue weighted by molar-refractivity contribution is -0.123. The number of rotatable bonds is 18. The number of carbonyl (C=O) groups is 5. The fourth-order valence-corrected chi connectivity index (χ4v) is 7.10. The molecule has 6 rings (SSSR count). The van der Waals surface area contributed by atoms with Gasteiger partial charge in [-0.25, -0.2) is 9.97 Å². The molecule has 4 aromatic heterocycles. The molecule has 1 unspecified atom stereocenters. The molecule has 0 aliphatic heterocycles. The van der Waals surface area contributed by atoms with E-state index in [9.17, 15) is 24.0 Å². The SMILES string of the molecule is COc1ccc(NC(=O)c2cn3ccsc3n2)cc1C(=O)NCCCCC(NC(=O)c1cc(NC(=O)c2cn3ccsc3n2)ccc1OC)C(=O)NCCCN. The third-order valence-electron chi connectivity index (χ3n) is 8.56. The van der Waals surface area contributed by atoms with Crippen molar-refractivity contribution in [1.82, 2.24) is 34.7 Å². The van der Waals surface area contributed by atoms with Gasteiger partial charge < -0.3 is 41.8 Å². The van der Waals surface area contributed by atoms with E-state index in [1.807, 2.05) is 10.8 Å². The van der Waals surface area contributed by atoms with E-state index in [1.165, 1.54) is 49.0 Å². The van der Waals surface area contributed by atoms with Crippen molar-refractivity contribution < 1.29 is 33.4 Å². The number of anilines is 2. The minimum Gasteiger partial charge on any atom is -0.496 e. The normalized spacial score (nSPS) is 11.6. The smallest absolute Gasteiger partial charge is 0.275 e. The van der Waals surface area contributed by atoms with E-state index < -0.39 is 35.6 Å². The maximum atomic E-state index is 13.6. The van der Waals surface area contributed by atoms with Gasteiger partial charge in [-0.1, -0.05) is 0 Å². The number of imidazole rings is 2. The van der Waals surface area contributed by atoms with E-state index in [1.54, 1.807) is 57.9 Å². The number of benzene rings is 2. The van der Waals surface area contributed by atoms with Gasteiger partial charge in [0.2, 0.25) is 5.91 Å². The minimum atomic E-state index is -0.927. The van der Waals surface area contributed by atoms with Crippen LogP contribution in [0.4, 0.5) is 11.4 Å². The van der Waals surface area contributed by atoms with E-state index in [2.05, 4.69) is 36.6 Å². The first-order chi connectivity index (χ1) is 27.2.